The van der Waals surface area contributed by atoms with Gasteiger partial charge in [-0.25, -0.2) is 4.79 Å². The number of rotatable bonds is 6. The van der Waals surface area contributed by atoms with E-state index in [-0.39, 0.29) is 21.4 Å². The molecule has 0 aliphatic heterocycles. The Kier molecular flexibility index (Phi) is 6.58. The third-order valence-electron chi connectivity index (χ3n) is 4.04. The summed E-state index contributed by atoms with van der Waals surface area (Å²) in [5, 5.41) is 22.9. The number of aliphatic carboxylic acids is 1. The molecule has 3 aromatic carbocycles. The number of anilines is 1. The zero-order valence-corrected chi connectivity index (χ0v) is 16.9. The van der Waals surface area contributed by atoms with E-state index in [9.17, 15) is 14.9 Å². The summed E-state index contributed by atoms with van der Waals surface area (Å²) in [6.07, 6.45) is 1.33. The third-order valence-corrected chi connectivity index (χ3v) is 4.61. The standard InChI is InChI=1S/C22H14Cl2N2O4/c23-18-8-13(9-19(24)21(18)30-12-20(27)28)7-16(11-25)22(29)26-17-6-5-14-3-1-2-4-15(14)10-17/h1-10H,12H2,(H,26,29)(H,27,28)/b16-7-. The number of carboxylic acids is 1. The number of ether oxygens (including phenoxy) is 1. The number of nitrogens with zero attached hydrogens (tertiary/aromatic N) is 1. The van der Waals surface area contributed by atoms with E-state index in [1.807, 2.05) is 42.5 Å². The van der Waals surface area contributed by atoms with E-state index in [0.717, 1.165) is 10.8 Å². The molecule has 0 bridgehead atoms. The number of hydrogen-bond acceptors (Lipinski definition) is 4. The Morgan fingerprint density at radius 1 is 1.07 bits per heavy atom. The smallest absolute Gasteiger partial charge is 0.341 e. The Morgan fingerprint density at radius 2 is 1.73 bits per heavy atom. The molecule has 1 amide bonds. The zero-order chi connectivity index (χ0) is 21.7. The van der Waals surface area contributed by atoms with Crippen molar-refractivity contribution in [1.82, 2.24) is 0 Å². The molecule has 3 rings (SSSR count). The molecule has 0 radical (unpaired) electrons. The number of fused-ring (bicyclic) bond motifs is 1. The Labute approximate surface area is 181 Å². The van der Waals surface area contributed by atoms with Crippen molar-refractivity contribution in [2.45, 2.75) is 0 Å². The van der Waals surface area contributed by atoms with Gasteiger partial charge in [-0.15, -0.1) is 0 Å². The lowest BCUT2D eigenvalue weighted by atomic mass is 10.1. The fourth-order valence-corrected chi connectivity index (χ4v) is 3.33. The average Bonchev–Trinajstić information content (AvgIpc) is 2.71. The van der Waals surface area contributed by atoms with E-state index in [4.69, 9.17) is 33.0 Å². The Balaban J connectivity index is 1.82. The van der Waals surface area contributed by atoms with E-state index in [0.29, 0.717) is 11.3 Å². The van der Waals surface area contributed by atoms with Crippen molar-refractivity contribution in [2.75, 3.05) is 11.9 Å². The quantitative estimate of drug-likeness (QED) is 0.407. The van der Waals surface area contributed by atoms with Crippen LogP contribution < -0.4 is 10.1 Å². The molecule has 8 heteroatoms. The van der Waals surface area contributed by atoms with Gasteiger partial charge in [0.25, 0.3) is 5.91 Å². The first kappa shape index (κ1) is 21.2. The van der Waals surface area contributed by atoms with Gasteiger partial charge in [-0.1, -0.05) is 53.5 Å². The Bertz CT molecular complexity index is 1190. The van der Waals surface area contributed by atoms with Gasteiger partial charge < -0.3 is 15.2 Å². The fraction of sp³-hybridized carbons (Fsp3) is 0.0455. The normalized spacial score (nSPS) is 11.0. The first-order valence-corrected chi connectivity index (χ1v) is 9.38. The van der Waals surface area contributed by atoms with Crippen molar-refractivity contribution in [2.24, 2.45) is 0 Å². The minimum absolute atomic E-state index is 0.0111. The van der Waals surface area contributed by atoms with Crippen LogP contribution in [0, 0.1) is 11.3 Å². The summed E-state index contributed by atoms with van der Waals surface area (Å²) in [5.41, 5.74) is 0.778. The number of nitrogens with one attached hydrogen (secondary N) is 1. The van der Waals surface area contributed by atoms with Gasteiger partial charge in [0, 0.05) is 5.69 Å². The minimum atomic E-state index is -1.18. The molecular formula is C22H14Cl2N2O4. The molecule has 0 aliphatic rings. The van der Waals surface area contributed by atoms with E-state index in [2.05, 4.69) is 5.32 Å². The van der Waals surface area contributed by atoms with E-state index in [1.54, 1.807) is 6.07 Å². The summed E-state index contributed by atoms with van der Waals surface area (Å²) in [5.74, 6) is -1.76. The highest BCUT2D eigenvalue weighted by Gasteiger charge is 2.14. The number of halogens is 2. The van der Waals surface area contributed by atoms with Crippen molar-refractivity contribution in [3.63, 3.8) is 0 Å². The summed E-state index contributed by atoms with van der Waals surface area (Å²) in [6, 6.07) is 17.8. The van der Waals surface area contributed by atoms with Crippen molar-refractivity contribution >= 4 is 57.6 Å². The van der Waals surface area contributed by atoms with Gasteiger partial charge in [-0.3, -0.25) is 4.79 Å². The molecule has 30 heavy (non-hydrogen) atoms. The first-order chi connectivity index (χ1) is 14.4. The van der Waals surface area contributed by atoms with Gasteiger partial charge in [0.1, 0.15) is 11.6 Å². The highest BCUT2D eigenvalue weighted by molar-refractivity contribution is 6.37. The van der Waals surface area contributed by atoms with E-state index >= 15 is 0 Å². The van der Waals surface area contributed by atoms with Crippen LogP contribution in [-0.2, 0) is 9.59 Å². The van der Waals surface area contributed by atoms with Crippen molar-refractivity contribution in [3.05, 3.63) is 75.8 Å². The molecule has 0 saturated heterocycles. The maximum atomic E-state index is 12.5. The maximum Gasteiger partial charge on any atom is 0.341 e. The molecule has 0 unspecified atom stereocenters. The minimum Gasteiger partial charge on any atom is -0.479 e. The molecule has 0 aliphatic carbocycles. The average molecular weight is 441 g/mol. The molecule has 3 aromatic rings. The van der Waals surface area contributed by atoms with Crippen LogP contribution in [0.25, 0.3) is 16.8 Å². The van der Waals surface area contributed by atoms with Crippen molar-refractivity contribution in [3.8, 4) is 11.8 Å². The number of hydrogen-bond donors (Lipinski definition) is 2. The topological polar surface area (TPSA) is 99.4 Å². The van der Waals surface area contributed by atoms with Crippen LogP contribution >= 0.6 is 23.2 Å². The SMILES string of the molecule is N#C/C(=C/c1cc(Cl)c(OCC(=O)O)c(Cl)c1)C(=O)Nc1ccc2ccccc2c1. The van der Waals surface area contributed by atoms with Gasteiger partial charge in [0.05, 0.1) is 10.0 Å². The first-order valence-electron chi connectivity index (χ1n) is 8.63. The molecule has 0 fully saturated rings. The second-order valence-corrected chi connectivity index (χ2v) is 7.00. The fourth-order valence-electron chi connectivity index (χ4n) is 2.72. The lowest BCUT2D eigenvalue weighted by Crippen LogP contribution is -2.13. The van der Waals surface area contributed by atoms with Crippen LogP contribution in [0.3, 0.4) is 0 Å². The summed E-state index contributed by atoms with van der Waals surface area (Å²) in [6.45, 7) is -0.605. The molecule has 150 valence electrons. The molecular weight excluding hydrogens is 427 g/mol. The number of benzene rings is 3. The number of carboxylic acid groups (broad SMARTS) is 1. The molecule has 0 atom stereocenters. The zero-order valence-electron chi connectivity index (χ0n) is 15.4. The molecule has 6 nitrogen and oxygen atoms in total. The molecule has 0 aromatic heterocycles. The van der Waals surface area contributed by atoms with Crippen LogP contribution in [0.5, 0.6) is 5.75 Å². The lowest BCUT2D eigenvalue weighted by molar-refractivity contribution is -0.139. The number of carbonyl (C=O) groups is 2. The monoisotopic (exact) mass is 440 g/mol. The predicted octanol–water partition coefficient (Wildman–Crippen LogP) is 5.16. The lowest BCUT2D eigenvalue weighted by Gasteiger charge is -2.09. The van der Waals surface area contributed by atoms with Crippen molar-refractivity contribution in [1.29, 1.82) is 5.26 Å². The van der Waals surface area contributed by atoms with Crippen LogP contribution in [0.15, 0.2) is 60.2 Å². The van der Waals surface area contributed by atoms with Gasteiger partial charge in [-0.05, 0) is 46.7 Å². The van der Waals surface area contributed by atoms with Crippen LogP contribution in [0.4, 0.5) is 5.69 Å². The second-order valence-electron chi connectivity index (χ2n) is 6.18. The summed E-state index contributed by atoms with van der Waals surface area (Å²) in [7, 11) is 0. The van der Waals surface area contributed by atoms with Crippen molar-refractivity contribution < 1.29 is 19.4 Å². The Morgan fingerprint density at radius 3 is 2.37 bits per heavy atom. The van der Waals surface area contributed by atoms with Crippen LogP contribution in [-0.4, -0.2) is 23.6 Å². The Hall–Kier alpha value is -3.53. The van der Waals surface area contributed by atoms with Gasteiger partial charge in [-0.2, -0.15) is 5.26 Å². The summed E-state index contributed by atoms with van der Waals surface area (Å²) < 4.78 is 5.05. The largest absolute Gasteiger partial charge is 0.479 e. The van der Waals surface area contributed by atoms with E-state index in [1.165, 1.54) is 18.2 Å². The maximum absolute atomic E-state index is 12.5. The second kappa shape index (κ2) is 9.31. The number of nitriles is 1. The van der Waals surface area contributed by atoms with Gasteiger partial charge in [0.15, 0.2) is 12.4 Å². The number of carbonyl (C=O) groups excluding carboxylic acids is 1. The highest BCUT2D eigenvalue weighted by atomic mass is 35.5. The summed E-state index contributed by atoms with van der Waals surface area (Å²) >= 11 is 12.2. The molecule has 0 spiro atoms. The molecule has 0 heterocycles. The van der Waals surface area contributed by atoms with Gasteiger partial charge in [0.2, 0.25) is 0 Å². The number of amides is 1. The predicted molar refractivity (Wildman–Crippen MR) is 116 cm³/mol. The van der Waals surface area contributed by atoms with Crippen LogP contribution in [0.1, 0.15) is 5.56 Å². The molecule has 2 N–H and O–H groups in total. The van der Waals surface area contributed by atoms with Gasteiger partial charge >= 0.3 is 5.97 Å². The third kappa shape index (κ3) is 5.09. The van der Waals surface area contributed by atoms with Crippen LogP contribution in [0.2, 0.25) is 10.0 Å². The summed E-state index contributed by atoms with van der Waals surface area (Å²) in [4.78, 5) is 23.2. The van der Waals surface area contributed by atoms with E-state index < -0.39 is 18.5 Å². The molecule has 0 saturated carbocycles. The highest BCUT2D eigenvalue weighted by Crippen LogP contribution is 2.35.